The van der Waals surface area contributed by atoms with Crippen LogP contribution in [0.5, 0.6) is 0 Å². The van der Waals surface area contributed by atoms with Crippen molar-refractivity contribution in [2.75, 3.05) is 0 Å². The van der Waals surface area contributed by atoms with E-state index in [1.54, 1.807) is 0 Å². The molecule has 0 amide bonds. The summed E-state index contributed by atoms with van der Waals surface area (Å²) >= 11 is 11.3. The number of halogens is 2. The van der Waals surface area contributed by atoms with E-state index in [1.807, 2.05) is 0 Å². The van der Waals surface area contributed by atoms with E-state index in [0.717, 1.165) is 9.52 Å². The summed E-state index contributed by atoms with van der Waals surface area (Å²) in [6.07, 6.45) is 9.60. The molecule has 0 unspecified atom stereocenters. The second-order valence-electron chi connectivity index (χ2n) is 3.38. The van der Waals surface area contributed by atoms with E-state index >= 15 is 0 Å². The first-order valence-electron chi connectivity index (χ1n) is 5.29. The first-order chi connectivity index (χ1) is 6.27. The largest absolute Gasteiger partial charge is 0.110 e. The van der Waals surface area contributed by atoms with Crippen molar-refractivity contribution in [2.45, 2.75) is 62.4 Å². The van der Waals surface area contributed by atoms with Crippen LogP contribution >= 0.6 is 23.2 Å². The van der Waals surface area contributed by atoms with Gasteiger partial charge in [-0.3, -0.25) is 0 Å². The molecule has 0 bridgehead atoms. The Labute approximate surface area is 95.2 Å². The fourth-order valence-corrected chi connectivity index (χ4v) is 2.62. The summed E-state index contributed by atoms with van der Waals surface area (Å²) in [6.45, 7) is 2.25. The molecular formula is C10H20Cl2Si. The van der Waals surface area contributed by atoms with Gasteiger partial charge in [0.2, 0.25) is 0 Å². The zero-order chi connectivity index (χ0) is 9.94. The van der Waals surface area contributed by atoms with E-state index in [4.69, 9.17) is 23.2 Å². The van der Waals surface area contributed by atoms with E-state index in [1.165, 1.54) is 51.0 Å². The van der Waals surface area contributed by atoms with Crippen LogP contribution in [0.4, 0.5) is 0 Å². The van der Waals surface area contributed by atoms with Gasteiger partial charge in [0, 0.05) is 0 Å². The van der Waals surface area contributed by atoms with Gasteiger partial charge in [-0.2, -0.15) is 0 Å². The SMILES string of the molecule is CCCCCCCCC[Si]C(Cl)Cl. The molecule has 0 fully saturated rings. The van der Waals surface area contributed by atoms with Crippen molar-refractivity contribution < 1.29 is 0 Å². The molecule has 0 aliphatic carbocycles. The topological polar surface area (TPSA) is 0 Å². The molecule has 0 aliphatic rings. The second kappa shape index (κ2) is 10.9. The quantitative estimate of drug-likeness (QED) is 0.313. The van der Waals surface area contributed by atoms with Gasteiger partial charge < -0.3 is 0 Å². The first kappa shape index (κ1) is 13.8. The van der Waals surface area contributed by atoms with Crippen LogP contribution in [0.25, 0.3) is 0 Å². The van der Waals surface area contributed by atoms with Gasteiger partial charge in [0.05, 0.1) is 14.0 Å². The Bertz CT molecular complexity index is 96.9. The zero-order valence-corrected chi connectivity index (χ0v) is 11.0. The molecule has 0 atom stereocenters. The van der Waals surface area contributed by atoms with Crippen molar-refractivity contribution in [3.63, 3.8) is 0 Å². The third-order valence-electron chi connectivity index (χ3n) is 2.08. The fraction of sp³-hybridized carbons (Fsp3) is 1.00. The minimum Gasteiger partial charge on any atom is -0.110 e. The molecule has 0 heterocycles. The van der Waals surface area contributed by atoms with Crippen LogP contribution in [0, 0.1) is 0 Å². The Balaban J connectivity index is 2.84. The molecule has 0 aliphatic heterocycles. The van der Waals surface area contributed by atoms with Crippen LogP contribution in [0.15, 0.2) is 0 Å². The van der Waals surface area contributed by atoms with Gasteiger partial charge in [-0.05, 0) is 0 Å². The lowest BCUT2D eigenvalue weighted by atomic mass is 10.1. The van der Waals surface area contributed by atoms with Crippen LogP contribution in [-0.2, 0) is 0 Å². The van der Waals surface area contributed by atoms with Crippen LogP contribution < -0.4 is 0 Å². The average molecular weight is 239 g/mol. The van der Waals surface area contributed by atoms with Crippen LogP contribution in [0.3, 0.4) is 0 Å². The highest BCUT2D eigenvalue weighted by molar-refractivity contribution is 6.68. The number of rotatable bonds is 9. The van der Waals surface area contributed by atoms with Crippen molar-refractivity contribution in [2.24, 2.45) is 0 Å². The molecule has 0 saturated carbocycles. The number of hydrogen-bond donors (Lipinski definition) is 0. The summed E-state index contributed by atoms with van der Waals surface area (Å²) in [7, 11) is 0.732. The van der Waals surface area contributed by atoms with Crippen molar-refractivity contribution in [1.29, 1.82) is 0 Å². The maximum absolute atomic E-state index is 5.64. The highest BCUT2D eigenvalue weighted by atomic mass is 35.5. The van der Waals surface area contributed by atoms with Crippen molar-refractivity contribution in [3.05, 3.63) is 0 Å². The van der Waals surface area contributed by atoms with E-state index in [0.29, 0.717) is 0 Å². The summed E-state index contributed by atoms with van der Waals surface area (Å²) in [5.74, 6) is 0. The predicted octanol–water partition coefficient (Wildman–Crippen LogP) is 4.62. The van der Waals surface area contributed by atoms with E-state index in [-0.39, 0.29) is 4.46 Å². The van der Waals surface area contributed by atoms with Crippen LogP contribution in [0.2, 0.25) is 6.04 Å². The summed E-state index contributed by atoms with van der Waals surface area (Å²) in [4.78, 5) is 0. The average Bonchev–Trinajstić information content (AvgIpc) is 2.09. The highest BCUT2D eigenvalue weighted by Gasteiger charge is 1.99. The summed E-state index contributed by atoms with van der Waals surface area (Å²) in [6, 6.07) is 1.21. The summed E-state index contributed by atoms with van der Waals surface area (Å²) in [5.41, 5.74) is 0. The van der Waals surface area contributed by atoms with Crippen LogP contribution in [-0.4, -0.2) is 14.0 Å². The van der Waals surface area contributed by atoms with Gasteiger partial charge in [-0.25, -0.2) is 0 Å². The maximum atomic E-state index is 5.64. The number of unbranched alkanes of at least 4 members (excludes halogenated alkanes) is 6. The summed E-state index contributed by atoms with van der Waals surface area (Å²) < 4.78 is -0.125. The van der Waals surface area contributed by atoms with Gasteiger partial charge in [0.25, 0.3) is 0 Å². The van der Waals surface area contributed by atoms with Crippen LogP contribution in [0.1, 0.15) is 51.9 Å². The fourth-order valence-electron chi connectivity index (χ4n) is 1.29. The monoisotopic (exact) mass is 238 g/mol. The normalized spacial score (nSPS) is 11.1. The highest BCUT2D eigenvalue weighted by Crippen LogP contribution is 2.10. The van der Waals surface area contributed by atoms with E-state index in [2.05, 4.69) is 6.92 Å². The Hall–Kier alpha value is 0.797. The molecule has 0 spiro atoms. The van der Waals surface area contributed by atoms with E-state index < -0.39 is 0 Å². The lowest BCUT2D eigenvalue weighted by molar-refractivity contribution is 0.601. The molecule has 0 aromatic carbocycles. The standard InChI is InChI=1S/C10H20Cl2Si/c1-2-3-4-5-6-7-8-9-13-10(11)12/h10H,2-9H2,1H3. The lowest BCUT2D eigenvalue weighted by Gasteiger charge is -2.01. The molecule has 0 rings (SSSR count). The molecule has 78 valence electrons. The van der Waals surface area contributed by atoms with Crippen molar-refractivity contribution in [3.8, 4) is 0 Å². The van der Waals surface area contributed by atoms with E-state index in [9.17, 15) is 0 Å². The second-order valence-corrected chi connectivity index (χ2v) is 6.69. The van der Waals surface area contributed by atoms with Gasteiger partial charge >= 0.3 is 0 Å². The molecule has 0 saturated heterocycles. The third kappa shape index (κ3) is 12.8. The van der Waals surface area contributed by atoms with Gasteiger partial charge in [-0.1, -0.05) is 57.9 Å². The molecule has 2 radical (unpaired) electrons. The number of alkyl halides is 2. The minimum absolute atomic E-state index is 0.125. The molecule has 0 aromatic heterocycles. The first-order valence-corrected chi connectivity index (χ1v) is 7.44. The lowest BCUT2D eigenvalue weighted by Crippen LogP contribution is -1.99. The van der Waals surface area contributed by atoms with Gasteiger partial charge in [-0.15, -0.1) is 23.2 Å². The van der Waals surface area contributed by atoms with Crippen molar-refractivity contribution in [1.82, 2.24) is 0 Å². The third-order valence-corrected chi connectivity index (χ3v) is 3.96. The molecule has 0 nitrogen and oxygen atoms in total. The molecular weight excluding hydrogens is 219 g/mol. The zero-order valence-electron chi connectivity index (χ0n) is 8.49. The predicted molar refractivity (Wildman–Crippen MR) is 64.0 cm³/mol. The smallest absolute Gasteiger partial charge is 0.0929 e. The maximum Gasteiger partial charge on any atom is 0.0929 e. The Morgan fingerprint density at radius 3 is 2.00 bits per heavy atom. The minimum atomic E-state index is -0.125. The van der Waals surface area contributed by atoms with Gasteiger partial charge in [0.1, 0.15) is 0 Å². The van der Waals surface area contributed by atoms with Crippen molar-refractivity contribution >= 4 is 32.7 Å². The Morgan fingerprint density at radius 1 is 0.923 bits per heavy atom. The Kier molecular flexibility index (Phi) is 11.5. The molecule has 0 N–H and O–H groups in total. The summed E-state index contributed by atoms with van der Waals surface area (Å²) in [5, 5.41) is 0. The molecule has 13 heavy (non-hydrogen) atoms. The number of hydrogen-bond acceptors (Lipinski definition) is 0. The van der Waals surface area contributed by atoms with Gasteiger partial charge in [0.15, 0.2) is 0 Å². The molecule has 3 heteroatoms. The molecule has 0 aromatic rings. The Morgan fingerprint density at radius 2 is 1.46 bits per heavy atom.